The molecule has 3 rings (SSSR count). The molecule has 2 aromatic carbocycles. The summed E-state index contributed by atoms with van der Waals surface area (Å²) in [6, 6.07) is 8.49. The molecular weight excluding hydrogens is 330 g/mol. The first kappa shape index (κ1) is 16.4. The predicted octanol–water partition coefficient (Wildman–Crippen LogP) is 2.87. The lowest BCUT2D eigenvalue weighted by Crippen LogP contribution is -2.27. The van der Waals surface area contributed by atoms with E-state index in [0.29, 0.717) is 34.1 Å². The van der Waals surface area contributed by atoms with Gasteiger partial charge in [-0.05, 0) is 49.2 Å². The maximum absolute atomic E-state index is 13.1. The van der Waals surface area contributed by atoms with Crippen LogP contribution in [-0.4, -0.2) is 29.4 Å². The molecule has 1 heterocycles. The van der Waals surface area contributed by atoms with E-state index in [-0.39, 0.29) is 11.7 Å². The lowest BCUT2D eigenvalue weighted by atomic mass is 10.1. The molecule has 1 aliphatic rings. The number of nitrogens with zero attached hydrogens (tertiary/aromatic N) is 1. The van der Waals surface area contributed by atoms with Crippen LogP contribution in [0, 0.1) is 13.8 Å². The maximum atomic E-state index is 13.1. The Morgan fingerprint density at radius 1 is 1.04 bits per heavy atom. The van der Waals surface area contributed by atoms with Gasteiger partial charge in [0.1, 0.15) is 5.75 Å². The minimum atomic E-state index is -3.71. The third-order valence-corrected chi connectivity index (χ3v) is 6.10. The Balaban J connectivity index is 2.04. The summed E-state index contributed by atoms with van der Waals surface area (Å²) in [5, 5.41) is 0. The summed E-state index contributed by atoms with van der Waals surface area (Å²) in [6.07, 6.45) is 0. The molecule has 0 atom stereocenters. The molecule has 0 unspecified atom stereocenters. The second kappa shape index (κ2) is 5.90. The average molecular weight is 349 g/mol. The highest BCUT2D eigenvalue weighted by atomic mass is 32.2. The van der Waals surface area contributed by atoms with Crippen LogP contribution in [0.5, 0.6) is 17.2 Å². The van der Waals surface area contributed by atoms with Crippen molar-refractivity contribution in [2.24, 2.45) is 0 Å². The van der Waals surface area contributed by atoms with Crippen molar-refractivity contribution in [3.05, 3.63) is 41.5 Å². The van der Waals surface area contributed by atoms with E-state index in [9.17, 15) is 8.42 Å². The van der Waals surface area contributed by atoms with Crippen molar-refractivity contribution in [2.45, 2.75) is 18.7 Å². The fraction of sp³-hybridized carbons (Fsp3) is 0.294. The van der Waals surface area contributed by atoms with Gasteiger partial charge < -0.3 is 14.2 Å². The number of aryl methyl sites for hydroxylation is 2. The highest BCUT2D eigenvalue weighted by molar-refractivity contribution is 7.92. The van der Waals surface area contributed by atoms with Gasteiger partial charge >= 0.3 is 0 Å². The van der Waals surface area contributed by atoms with Crippen molar-refractivity contribution >= 4 is 15.7 Å². The van der Waals surface area contributed by atoms with Crippen LogP contribution < -0.4 is 18.5 Å². The number of benzene rings is 2. The van der Waals surface area contributed by atoms with Crippen molar-refractivity contribution in [1.82, 2.24) is 0 Å². The number of anilines is 1. The van der Waals surface area contributed by atoms with E-state index in [4.69, 9.17) is 14.2 Å². The normalized spacial score (nSPS) is 13.0. The minimum absolute atomic E-state index is 0.145. The van der Waals surface area contributed by atoms with Crippen LogP contribution in [0.25, 0.3) is 0 Å². The van der Waals surface area contributed by atoms with Crippen molar-refractivity contribution < 1.29 is 22.6 Å². The number of hydrogen-bond acceptors (Lipinski definition) is 5. The first-order valence-corrected chi connectivity index (χ1v) is 8.82. The lowest BCUT2D eigenvalue weighted by molar-refractivity contribution is 0.174. The molecule has 0 saturated heterocycles. The summed E-state index contributed by atoms with van der Waals surface area (Å²) in [7, 11) is -0.634. The SMILES string of the molecule is COc1cc(C)c(S(=O)(=O)N(C)c2ccc3c(c2)OCO3)c(C)c1. The molecule has 0 amide bonds. The molecule has 2 aromatic rings. The zero-order valence-electron chi connectivity index (χ0n) is 14.0. The first-order valence-electron chi connectivity index (χ1n) is 7.38. The zero-order chi connectivity index (χ0) is 17.5. The van der Waals surface area contributed by atoms with E-state index in [1.54, 1.807) is 51.3 Å². The molecule has 0 aliphatic carbocycles. The second-order valence-electron chi connectivity index (χ2n) is 5.60. The second-order valence-corrected chi connectivity index (χ2v) is 7.51. The van der Waals surface area contributed by atoms with Gasteiger partial charge in [0.05, 0.1) is 17.7 Å². The molecule has 128 valence electrons. The van der Waals surface area contributed by atoms with Crippen LogP contribution in [0.15, 0.2) is 35.2 Å². The van der Waals surface area contributed by atoms with E-state index in [1.165, 1.54) is 11.4 Å². The molecule has 0 N–H and O–H groups in total. The van der Waals surface area contributed by atoms with Gasteiger partial charge in [0.15, 0.2) is 11.5 Å². The number of fused-ring (bicyclic) bond motifs is 1. The van der Waals surface area contributed by atoms with Crippen molar-refractivity contribution in [3.8, 4) is 17.2 Å². The zero-order valence-corrected chi connectivity index (χ0v) is 14.8. The van der Waals surface area contributed by atoms with Crippen LogP contribution in [0.1, 0.15) is 11.1 Å². The Hall–Kier alpha value is -2.41. The van der Waals surface area contributed by atoms with Gasteiger partial charge in [-0.2, -0.15) is 0 Å². The summed E-state index contributed by atoms with van der Waals surface area (Å²) in [5.41, 5.74) is 1.78. The largest absolute Gasteiger partial charge is 0.497 e. The van der Waals surface area contributed by atoms with Crippen LogP contribution in [-0.2, 0) is 10.0 Å². The third-order valence-electron chi connectivity index (χ3n) is 4.01. The third kappa shape index (κ3) is 2.65. The number of ether oxygens (including phenoxy) is 3. The van der Waals surface area contributed by atoms with Gasteiger partial charge in [0.25, 0.3) is 10.0 Å². The highest BCUT2D eigenvalue weighted by Crippen LogP contribution is 2.37. The Labute approximate surface area is 141 Å². The van der Waals surface area contributed by atoms with Gasteiger partial charge in [-0.1, -0.05) is 0 Å². The van der Waals surface area contributed by atoms with Gasteiger partial charge in [0, 0.05) is 13.1 Å². The van der Waals surface area contributed by atoms with Crippen LogP contribution in [0.3, 0.4) is 0 Å². The Bertz CT molecular complexity index is 869. The Kier molecular flexibility index (Phi) is 4.04. The molecule has 6 nitrogen and oxygen atoms in total. The molecule has 24 heavy (non-hydrogen) atoms. The van der Waals surface area contributed by atoms with Crippen LogP contribution in [0.2, 0.25) is 0 Å². The molecule has 0 saturated carbocycles. The van der Waals surface area contributed by atoms with E-state index in [0.717, 1.165) is 0 Å². The fourth-order valence-electron chi connectivity index (χ4n) is 2.79. The molecular formula is C17H19NO5S. The van der Waals surface area contributed by atoms with Gasteiger partial charge in [-0.15, -0.1) is 0 Å². The molecule has 0 bridgehead atoms. The summed E-state index contributed by atoms with van der Waals surface area (Å²) >= 11 is 0. The average Bonchev–Trinajstić information content (AvgIpc) is 3.00. The summed E-state index contributed by atoms with van der Waals surface area (Å²) in [5.74, 6) is 1.79. The van der Waals surface area contributed by atoms with E-state index in [1.807, 2.05) is 0 Å². The quantitative estimate of drug-likeness (QED) is 0.849. The predicted molar refractivity (Wildman–Crippen MR) is 90.6 cm³/mol. The minimum Gasteiger partial charge on any atom is -0.497 e. The van der Waals surface area contributed by atoms with Crippen molar-refractivity contribution in [3.63, 3.8) is 0 Å². The number of rotatable bonds is 4. The highest BCUT2D eigenvalue weighted by Gasteiger charge is 2.27. The molecule has 0 aromatic heterocycles. The number of methoxy groups -OCH3 is 1. The fourth-order valence-corrected chi connectivity index (χ4v) is 4.39. The van der Waals surface area contributed by atoms with Gasteiger partial charge in [0.2, 0.25) is 6.79 Å². The number of sulfonamides is 1. The smallest absolute Gasteiger partial charge is 0.264 e. The topological polar surface area (TPSA) is 65.1 Å². The van der Waals surface area contributed by atoms with Crippen molar-refractivity contribution in [2.75, 3.05) is 25.3 Å². The maximum Gasteiger partial charge on any atom is 0.264 e. The summed E-state index contributed by atoms with van der Waals surface area (Å²) in [4.78, 5) is 0.281. The standard InChI is InChI=1S/C17H19NO5S/c1-11-7-14(21-4)8-12(2)17(11)24(19,20)18(3)13-5-6-15-16(9-13)23-10-22-15/h5-9H,10H2,1-4H3. The monoisotopic (exact) mass is 349 g/mol. The van der Waals surface area contributed by atoms with Crippen LogP contribution in [0.4, 0.5) is 5.69 Å². The lowest BCUT2D eigenvalue weighted by Gasteiger charge is -2.22. The molecule has 0 spiro atoms. The van der Waals surface area contributed by atoms with E-state index < -0.39 is 10.0 Å². The molecule has 7 heteroatoms. The number of hydrogen-bond donors (Lipinski definition) is 0. The molecule has 1 aliphatic heterocycles. The van der Waals surface area contributed by atoms with E-state index in [2.05, 4.69) is 0 Å². The van der Waals surface area contributed by atoms with E-state index >= 15 is 0 Å². The summed E-state index contributed by atoms with van der Waals surface area (Å²) < 4.78 is 43.2. The Morgan fingerprint density at radius 2 is 1.67 bits per heavy atom. The van der Waals surface area contributed by atoms with Gasteiger partial charge in [-0.25, -0.2) is 8.42 Å². The summed E-state index contributed by atoms with van der Waals surface area (Å²) in [6.45, 7) is 3.66. The van der Waals surface area contributed by atoms with Gasteiger partial charge in [-0.3, -0.25) is 4.31 Å². The molecule has 0 fully saturated rings. The molecule has 0 radical (unpaired) electrons. The first-order chi connectivity index (χ1) is 11.3. The van der Waals surface area contributed by atoms with Crippen molar-refractivity contribution in [1.29, 1.82) is 0 Å². The van der Waals surface area contributed by atoms with Crippen LogP contribution >= 0.6 is 0 Å². The Morgan fingerprint density at radius 3 is 2.29 bits per heavy atom.